The van der Waals surface area contributed by atoms with Gasteiger partial charge in [0, 0.05) is 29.5 Å². The number of methoxy groups -OCH3 is 1. The molecule has 0 saturated carbocycles. The maximum absolute atomic E-state index is 5.80. The molecular weight excluding hydrogens is 404 g/mol. The lowest BCUT2D eigenvalue weighted by Crippen LogP contribution is -2.30. The summed E-state index contributed by atoms with van der Waals surface area (Å²) in [5.74, 6) is 0.832. The number of nitrogens with one attached hydrogen (secondary N) is 1. The molecular formula is C25H22N4OS. The molecule has 0 bridgehead atoms. The van der Waals surface area contributed by atoms with Crippen LogP contribution in [0.1, 0.15) is 23.5 Å². The van der Waals surface area contributed by atoms with Crippen LogP contribution >= 0.6 is 12.2 Å². The summed E-state index contributed by atoms with van der Waals surface area (Å²) in [4.78, 5) is 6.82. The smallest absolute Gasteiger partial charge is 0.174 e. The molecule has 0 spiro atoms. The van der Waals surface area contributed by atoms with Gasteiger partial charge in [-0.05, 0) is 72.9 Å². The summed E-state index contributed by atoms with van der Waals surface area (Å²) in [6.07, 6.45) is 3.90. The Balaban J connectivity index is 1.64. The molecule has 0 aliphatic carbocycles. The van der Waals surface area contributed by atoms with Crippen molar-refractivity contribution in [3.63, 3.8) is 0 Å². The second-order valence-electron chi connectivity index (χ2n) is 7.33. The number of para-hydroxylation sites is 1. The fourth-order valence-electron chi connectivity index (χ4n) is 4.14. The van der Waals surface area contributed by atoms with E-state index in [1.54, 1.807) is 7.11 Å². The minimum Gasteiger partial charge on any atom is -0.497 e. The molecule has 1 aliphatic rings. The first-order valence-corrected chi connectivity index (χ1v) is 10.5. The van der Waals surface area contributed by atoms with Crippen LogP contribution in [-0.4, -0.2) is 21.8 Å². The van der Waals surface area contributed by atoms with Crippen LogP contribution in [0.3, 0.4) is 0 Å². The number of hydrogen-bond acceptors (Lipinski definition) is 3. The highest BCUT2D eigenvalue weighted by atomic mass is 32.1. The van der Waals surface area contributed by atoms with Crippen LogP contribution in [0.25, 0.3) is 5.69 Å². The predicted octanol–water partition coefficient (Wildman–Crippen LogP) is 5.06. The SMILES string of the molecule is COc1ccc(-n2cccc2[C@H]2[C@@H](c3ccccn3)NC(=S)N2c2ccccc2)cc1. The minimum absolute atomic E-state index is 0.0677. The van der Waals surface area contributed by atoms with Crippen molar-refractivity contribution < 1.29 is 4.74 Å². The molecule has 4 aromatic rings. The number of benzene rings is 2. The molecule has 154 valence electrons. The van der Waals surface area contributed by atoms with Gasteiger partial charge in [0.15, 0.2) is 5.11 Å². The van der Waals surface area contributed by atoms with E-state index in [2.05, 4.69) is 62.4 Å². The molecule has 6 heteroatoms. The van der Waals surface area contributed by atoms with Crippen LogP contribution in [0, 0.1) is 0 Å². The highest BCUT2D eigenvalue weighted by Crippen LogP contribution is 2.42. The topological polar surface area (TPSA) is 42.3 Å². The van der Waals surface area contributed by atoms with E-state index in [0.29, 0.717) is 5.11 Å². The van der Waals surface area contributed by atoms with Gasteiger partial charge in [-0.1, -0.05) is 24.3 Å². The lowest BCUT2D eigenvalue weighted by molar-refractivity contribution is 0.414. The van der Waals surface area contributed by atoms with E-state index in [9.17, 15) is 0 Å². The molecule has 31 heavy (non-hydrogen) atoms. The zero-order chi connectivity index (χ0) is 21.2. The fourth-order valence-corrected chi connectivity index (χ4v) is 4.48. The molecule has 2 aromatic heterocycles. The van der Waals surface area contributed by atoms with Crippen LogP contribution < -0.4 is 15.0 Å². The van der Waals surface area contributed by atoms with Crippen LogP contribution in [0.5, 0.6) is 5.75 Å². The molecule has 5 nitrogen and oxygen atoms in total. The number of nitrogens with zero attached hydrogens (tertiary/aromatic N) is 3. The summed E-state index contributed by atoms with van der Waals surface area (Å²) in [5.41, 5.74) is 4.19. The van der Waals surface area contributed by atoms with Gasteiger partial charge >= 0.3 is 0 Å². The van der Waals surface area contributed by atoms with Gasteiger partial charge in [-0.3, -0.25) is 4.98 Å². The quantitative estimate of drug-likeness (QED) is 0.452. The summed E-state index contributed by atoms with van der Waals surface area (Å²) in [6.45, 7) is 0. The number of rotatable bonds is 5. The summed E-state index contributed by atoms with van der Waals surface area (Å²) >= 11 is 5.80. The van der Waals surface area contributed by atoms with Gasteiger partial charge < -0.3 is 19.5 Å². The van der Waals surface area contributed by atoms with E-state index in [1.165, 1.54) is 0 Å². The third-order valence-electron chi connectivity index (χ3n) is 5.57. The van der Waals surface area contributed by atoms with Crippen LogP contribution in [0.15, 0.2) is 97.3 Å². The lowest BCUT2D eigenvalue weighted by atomic mass is 10.0. The normalized spacial score (nSPS) is 18.1. The Morgan fingerprint density at radius 3 is 2.35 bits per heavy atom. The zero-order valence-corrected chi connectivity index (χ0v) is 17.9. The molecule has 0 unspecified atom stereocenters. The maximum atomic E-state index is 5.80. The Labute approximate surface area is 186 Å². The van der Waals surface area contributed by atoms with Crippen molar-refractivity contribution in [3.05, 3.63) is 109 Å². The van der Waals surface area contributed by atoms with E-state index in [0.717, 1.165) is 28.5 Å². The van der Waals surface area contributed by atoms with Gasteiger partial charge in [0.2, 0.25) is 0 Å². The number of pyridine rings is 1. The second kappa shape index (κ2) is 8.24. The van der Waals surface area contributed by atoms with E-state index < -0.39 is 0 Å². The van der Waals surface area contributed by atoms with Crippen molar-refractivity contribution in [3.8, 4) is 11.4 Å². The molecule has 2 aromatic carbocycles. The molecule has 1 N–H and O–H groups in total. The first-order chi connectivity index (χ1) is 15.3. The molecule has 2 atom stereocenters. The molecule has 5 rings (SSSR count). The van der Waals surface area contributed by atoms with Crippen LogP contribution in [0.4, 0.5) is 5.69 Å². The largest absolute Gasteiger partial charge is 0.497 e. The van der Waals surface area contributed by atoms with Gasteiger partial charge in [-0.25, -0.2) is 0 Å². The fraction of sp³-hybridized carbons (Fsp3) is 0.120. The maximum Gasteiger partial charge on any atom is 0.174 e. The molecule has 1 aliphatic heterocycles. The molecule has 1 saturated heterocycles. The van der Waals surface area contributed by atoms with Gasteiger partial charge in [0.05, 0.1) is 18.8 Å². The number of anilines is 1. The predicted molar refractivity (Wildman–Crippen MR) is 127 cm³/mol. The lowest BCUT2D eigenvalue weighted by Gasteiger charge is -2.29. The highest BCUT2D eigenvalue weighted by Gasteiger charge is 2.42. The summed E-state index contributed by atoms with van der Waals surface area (Å²) < 4.78 is 7.53. The molecule has 3 heterocycles. The number of hydrogen-bond donors (Lipinski definition) is 1. The van der Waals surface area contributed by atoms with Gasteiger partial charge in [0.25, 0.3) is 0 Å². The van der Waals surface area contributed by atoms with Gasteiger partial charge in [-0.2, -0.15) is 0 Å². The van der Waals surface area contributed by atoms with Crippen molar-refractivity contribution in [2.24, 2.45) is 0 Å². The van der Waals surface area contributed by atoms with Gasteiger partial charge in [0.1, 0.15) is 11.8 Å². The summed E-state index contributed by atoms with van der Waals surface area (Å²) in [5, 5.41) is 4.20. The van der Waals surface area contributed by atoms with E-state index in [4.69, 9.17) is 17.0 Å². The van der Waals surface area contributed by atoms with Crippen molar-refractivity contribution in [1.82, 2.24) is 14.9 Å². The average Bonchev–Trinajstić information content (AvgIpc) is 3.44. The Morgan fingerprint density at radius 1 is 0.871 bits per heavy atom. The Bertz CT molecular complexity index is 1180. The Kier molecular flexibility index (Phi) is 5.14. The summed E-state index contributed by atoms with van der Waals surface area (Å²) in [7, 11) is 1.68. The molecule has 1 fully saturated rings. The first kappa shape index (κ1) is 19.3. The molecule has 0 amide bonds. The summed E-state index contributed by atoms with van der Waals surface area (Å²) in [6, 6.07) is 28.4. The Hall–Kier alpha value is -3.64. The van der Waals surface area contributed by atoms with E-state index in [-0.39, 0.29) is 12.1 Å². The van der Waals surface area contributed by atoms with E-state index >= 15 is 0 Å². The van der Waals surface area contributed by atoms with Crippen molar-refractivity contribution in [2.45, 2.75) is 12.1 Å². The van der Waals surface area contributed by atoms with Crippen LogP contribution in [-0.2, 0) is 0 Å². The minimum atomic E-state index is -0.0826. The zero-order valence-electron chi connectivity index (χ0n) is 17.1. The second-order valence-corrected chi connectivity index (χ2v) is 7.72. The van der Waals surface area contributed by atoms with Crippen molar-refractivity contribution in [2.75, 3.05) is 12.0 Å². The number of ether oxygens (including phenoxy) is 1. The van der Waals surface area contributed by atoms with Gasteiger partial charge in [-0.15, -0.1) is 0 Å². The average molecular weight is 427 g/mol. The number of aromatic nitrogens is 2. The highest BCUT2D eigenvalue weighted by molar-refractivity contribution is 7.80. The molecule has 0 radical (unpaired) electrons. The number of thiocarbonyl (C=S) groups is 1. The third kappa shape index (κ3) is 3.55. The third-order valence-corrected chi connectivity index (χ3v) is 5.88. The van der Waals surface area contributed by atoms with E-state index in [1.807, 2.05) is 54.7 Å². The first-order valence-electron chi connectivity index (χ1n) is 10.1. The standard InChI is InChI=1S/C25H22N4OS/c1-30-20-14-12-18(13-15-20)28-17-7-11-22(28)24-23(21-10-5-6-16-26-21)27-25(31)29(24)19-8-3-2-4-9-19/h2-17,23-24H,1H3,(H,27,31)/t23-,24+/m1/s1. The van der Waals surface area contributed by atoms with Crippen molar-refractivity contribution in [1.29, 1.82) is 0 Å². The van der Waals surface area contributed by atoms with Crippen molar-refractivity contribution >= 4 is 23.0 Å². The van der Waals surface area contributed by atoms with Crippen LogP contribution in [0.2, 0.25) is 0 Å². The monoisotopic (exact) mass is 426 g/mol. The Morgan fingerprint density at radius 2 is 1.65 bits per heavy atom.